The van der Waals surface area contributed by atoms with Gasteiger partial charge in [-0.05, 0) is 40.9 Å². The zero-order valence-corrected chi connectivity index (χ0v) is 13.2. The number of aromatic amines is 1. The highest BCUT2D eigenvalue weighted by Gasteiger charge is 2.09. The highest BCUT2D eigenvalue weighted by Crippen LogP contribution is 2.23. The Hall–Kier alpha value is -0.940. The van der Waals surface area contributed by atoms with Crippen LogP contribution in [0.25, 0.3) is 11.4 Å². The normalized spacial score (nSPS) is 10.7. The summed E-state index contributed by atoms with van der Waals surface area (Å²) in [5, 5.41) is 0. The van der Waals surface area contributed by atoms with E-state index in [1.54, 1.807) is 0 Å². The van der Waals surface area contributed by atoms with Gasteiger partial charge >= 0.3 is 0 Å². The van der Waals surface area contributed by atoms with E-state index in [2.05, 4.69) is 41.8 Å². The number of halogens is 2. The highest BCUT2D eigenvalue weighted by molar-refractivity contribution is 9.10. The van der Waals surface area contributed by atoms with E-state index < -0.39 is 0 Å². The summed E-state index contributed by atoms with van der Waals surface area (Å²) in [4.78, 5) is 19.0. The summed E-state index contributed by atoms with van der Waals surface area (Å²) < 4.78 is 1.52. The molecule has 0 bridgehead atoms. The Morgan fingerprint density at radius 1 is 1.33 bits per heavy atom. The molecule has 0 aliphatic heterocycles. The molecule has 1 N–H and O–H groups in total. The largest absolute Gasteiger partial charge is 0.306 e. The standard InChI is InChI=1S/C13H12Br2N2O/c1-3-10-11(15)13(18)17-12(16-10)8-5-4-7(2)9(14)6-8/h4-6H,3H2,1-2H3,(H,16,17,18). The lowest BCUT2D eigenvalue weighted by molar-refractivity contribution is 0.970. The molecule has 0 saturated heterocycles. The first kappa shape index (κ1) is 13.5. The van der Waals surface area contributed by atoms with Crippen molar-refractivity contribution in [2.24, 2.45) is 0 Å². The third-order valence-corrected chi connectivity index (χ3v) is 4.38. The van der Waals surface area contributed by atoms with Crippen LogP contribution in [0, 0.1) is 6.92 Å². The topological polar surface area (TPSA) is 45.8 Å². The van der Waals surface area contributed by atoms with Gasteiger partial charge < -0.3 is 4.98 Å². The van der Waals surface area contributed by atoms with Crippen LogP contribution < -0.4 is 5.56 Å². The minimum Gasteiger partial charge on any atom is -0.306 e. The summed E-state index contributed by atoms with van der Waals surface area (Å²) in [6.45, 7) is 3.99. The van der Waals surface area contributed by atoms with Crippen molar-refractivity contribution in [2.45, 2.75) is 20.3 Å². The Morgan fingerprint density at radius 3 is 2.67 bits per heavy atom. The summed E-state index contributed by atoms with van der Waals surface area (Å²) in [6.07, 6.45) is 0.713. The lowest BCUT2D eigenvalue weighted by Crippen LogP contribution is -2.13. The van der Waals surface area contributed by atoms with E-state index in [1.165, 1.54) is 0 Å². The molecule has 0 aliphatic rings. The molecule has 2 rings (SSSR count). The maximum absolute atomic E-state index is 11.8. The van der Waals surface area contributed by atoms with E-state index in [0.29, 0.717) is 16.7 Å². The van der Waals surface area contributed by atoms with E-state index in [4.69, 9.17) is 0 Å². The molecule has 1 aromatic heterocycles. The van der Waals surface area contributed by atoms with Gasteiger partial charge in [-0.2, -0.15) is 0 Å². The first-order chi connectivity index (χ1) is 8.52. The van der Waals surface area contributed by atoms with Gasteiger partial charge in [0.05, 0.1) is 5.69 Å². The second-order valence-electron chi connectivity index (χ2n) is 3.99. The molecular formula is C13H12Br2N2O. The van der Waals surface area contributed by atoms with Gasteiger partial charge in [0.25, 0.3) is 5.56 Å². The number of nitrogens with zero attached hydrogens (tertiary/aromatic N) is 1. The smallest absolute Gasteiger partial charge is 0.265 e. The van der Waals surface area contributed by atoms with Crippen molar-refractivity contribution in [1.29, 1.82) is 0 Å². The average molecular weight is 372 g/mol. The lowest BCUT2D eigenvalue weighted by Gasteiger charge is -2.06. The summed E-state index contributed by atoms with van der Waals surface area (Å²) in [5.74, 6) is 0.598. The molecule has 0 saturated carbocycles. The van der Waals surface area contributed by atoms with E-state index >= 15 is 0 Å². The molecule has 0 fully saturated rings. The molecule has 0 amide bonds. The van der Waals surface area contributed by atoms with E-state index in [1.807, 2.05) is 32.0 Å². The number of aryl methyl sites for hydroxylation is 2. The van der Waals surface area contributed by atoms with Gasteiger partial charge in [0.1, 0.15) is 10.3 Å². The average Bonchev–Trinajstić information content (AvgIpc) is 2.36. The Labute approximate surface area is 122 Å². The van der Waals surface area contributed by atoms with Crippen molar-refractivity contribution in [3.63, 3.8) is 0 Å². The molecule has 0 atom stereocenters. The minimum absolute atomic E-state index is 0.145. The van der Waals surface area contributed by atoms with Crippen molar-refractivity contribution in [2.75, 3.05) is 0 Å². The van der Waals surface area contributed by atoms with Crippen LogP contribution in [0.4, 0.5) is 0 Å². The first-order valence-electron chi connectivity index (χ1n) is 5.58. The molecule has 1 heterocycles. The minimum atomic E-state index is -0.145. The van der Waals surface area contributed by atoms with Crippen LogP contribution in [0.5, 0.6) is 0 Å². The zero-order valence-electron chi connectivity index (χ0n) is 10.1. The number of nitrogens with one attached hydrogen (secondary N) is 1. The summed E-state index contributed by atoms with van der Waals surface area (Å²) >= 11 is 6.74. The van der Waals surface area contributed by atoms with Gasteiger partial charge in [-0.25, -0.2) is 4.98 Å². The van der Waals surface area contributed by atoms with E-state index in [0.717, 1.165) is 21.3 Å². The number of hydrogen-bond donors (Lipinski definition) is 1. The van der Waals surface area contributed by atoms with Crippen LogP contribution in [0.2, 0.25) is 0 Å². The number of benzene rings is 1. The third kappa shape index (κ3) is 2.57. The fourth-order valence-corrected chi connectivity index (χ4v) is 2.46. The van der Waals surface area contributed by atoms with E-state index in [-0.39, 0.29) is 5.56 Å². The highest BCUT2D eigenvalue weighted by atomic mass is 79.9. The second-order valence-corrected chi connectivity index (χ2v) is 5.64. The molecule has 1 aromatic carbocycles. The van der Waals surface area contributed by atoms with Gasteiger partial charge in [-0.15, -0.1) is 0 Å². The number of rotatable bonds is 2. The number of H-pyrrole nitrogens is 1. The Kier molecular flexibility index (Phi) is 4.02. The van der Waals surface area contributed by atoms with Crippen molar-refractivity contribution in [3.8, 4) is 11.4 Å². The Balaban J connectivity index is 2.60. The molecule has 94 valence electrons. The molecule has 0 spiro atoms. The van der Waals surface area contributed by atoms with Crippen molar-refractivity contribution in [1.82, 2.24) is 9.97 Å². The third-order valence-electron chi connectivity index (χ3n) is 2.71. The van der Waals surface area contributed by atoms with Crippen LogP contribution >= 0.6 is 31.9 Å². The predicted octanol–water partition coefficient (Wildman–Crippen LogP) is 3.83. The number of hydrogen-bond acceptors (Lipinski definition) is 2. The van der Waals surface area contributed by atoms with Gasteiger partial charge in [0, 0.05) is 10.0 Å². The monoisotopic (exact) mass is 370 g/mol. The zero-order chi connectivity index (χ0) is 13.3. The van der Waals surface area contributed by atoms with E-state index in [9.17, 15) is 4.79 Å². The summed E-state index contributed by atoms with van der Waals surface area (Å²) in [5.41, 5.74) is 2.67. The summed E-state index contributed by atoms with van der Waals surface area (Å²) in [6, 6.07) is 5.90. The maximum atomic E-state index is 11.8. The van der Waals surface area contributed by atoms with Gasteiger partial charge in [0.2, 0.25) is 0 Å². The fraction of sp³-hybridized carbons (Fsp3) is 0.231. The van der Waals surface area contributed by atoms with Crippen LogP contribution in [0.1, 0.15) is 18.2 Å². The first-order valence-corrected chi connectivity index (χ1v) is 7.16. The Morgan fingerprint density at radius 2 is 2.06 bits per heavy atom. The van der Waals surface area contributed by atoms with Crippen LogP contribution in [-0.2, 0) is 6.42 Å². The summed E-state index contributed by atoms with van der Waals surface area (Å²) in [7, 11) is 0. The molecular weight excluding hydrogens is 360 g/mol. The molecule has 5 heteroatoms. The van der Waals surface area contributed by atoms with Crippen LogP contribution in [0.15, 0.2) is 31.9 Å². The van der Waals surface area contributed by atoms with Crippen molar-refractivity contribution in [3.05, 3.63) is 48.8 Å². The molecule has 0 unspecified atom stereocenters. The lowest BCUT2D eigenvalue weighted by atomic mass is 10.1. The van der Waals surface area contributed by atoms with Gasteiger partial charge in [0.15, 0.2) is 0 Å². The quantitative estimate of drug-likeness (QED) is 0.871. The predicted molar refractivity (Wildman–Crippen MR) is 79.8 cm³/mol. The Bertz CT molecular complexity index is 650. The van der Waals surface area contributed by atoms with Crippen LogP contribution in [-0.4, -0.2) is 9.97 Å². The van der Waals surface area contributed by atoms with Gasteiger partial charge in [-0.1, -0.05) is 35.0 Å². The second kappa shape index (κ2) is 5.36. The van der Waals surface area contributed by atoms with Crippen LogP contribution in [0.3, 0.4) is 0 Å². The van der Waals surface area contributed by atoms with Crippen molar-refractivity contribution < 1.29 is 0 Å². The maximum Gasteiger partial charge on any atom is 0.265 e. The SMILES string of the molecule is CCc1nc(-c2ccc(C)c(Br)c2)[nH]c(=O)c1Br. The van der Waals surface area contributed by atoms with Crippen molar-refractivity contribution >= 4 is 31.9 Å². The molecule has 3 nitrogen and oxygen atoms in total. The molecule has 2 aromatic rings. The fourth-order valence-electron chi connectivity index (χ4n) is 1.62. The molecule has 18 heavy (non-hydrogen) atoms. The molecule has 0 radical (unpaired) electrons. The molecule has 0 aliphatic carbocycles. The number of aromatic nitrogens is 2. The van der Waals surface area contributed by atoms with Gasteiger partial charge in [-0.3, -0.25) is 4.79 Å².